The van der Waals surface area contributed by atoms with Crippen LogP contribution in [0.15, 0.2) is 36.4 Å². The zero-order valence-electron chi connectivity index (χ0n) is 19.5. The Balaban J connectivity index is 2.46. The molecule has 1 aromatic carbocycles. The molecule has 7 nitrogen and oxygen atoms in total. The molecule has 0 saturated carbocycles. The van der Waals surface area contributed by atoms with E-state index in [1.54, 1.807) is 18.2 Å². The van der Waals surface area contributed by atoms with Crippen LogP contribution in [-0.2, 0) is 20.6 Å². The molecule has 0 unspecified atom stereocenters. The maximum Gasteiger partial charge on any atom is 0.342 e. The summed E-state index contributed by atoms with van der Waals surface area (Å²) < 4.78 is 27.8. The van der Waals surface area contributed by atoms with E-state index in [4.69, 9.17) is 29.1 Å². The van der Waals surface area contributed by atoms with E-state index < -0.39 is 5.97 Å². The highest BCUT2D eigenvalue weighted by molar-refractivity contribution is 5.99. The molecular weight excluding hydrogens is 410 g/mol. The number of carbonyl (C=O) groups is 1. The summed E-state index contributed by atoms with van der Waals surface area (Å²) in [5.74, 6) is 0.631. The van der Waals surface area contributed by atoms with Crippen molar-refractivity contribution in [2.24, 2.45) is 5.92 Å². The molecule has 0 aliphatic carbocycles. The van der Waals surface area contributed by atoms with Gasteiger partial charge in [0.2, 0.25) is 0 Å². The number of rotatable bonds is 8. The van der Waals surface area contributed by atoms with Crippen LogP contribution in [0, 0.1) is 11.3 Å². The number of carbonyl (C=O) groups excluding carboxylic acids is 1. The Morgan fingerprint density at radius 3 is 2.47 bits per heavy atom. The van der Waals surface area contributed by atoms with Gasteiger partial charge >= 0.3 is 5.97 Å². The Hall–Kier alpha value is -2.64. The summed E-state index contributed by atoms with van der Waals surface area (Å²) in [5, 5.41) is 8.41. The fourth-order valence-electron chi connectivity index (χ4n) is 3.15. The third-order valence-corrected chi connectivity index (χ3v) is 4.83. The number of cyclic esters (lactones) is 1. The third kappa shape index (κ3) is 8.48. The minimum atomic E-state index is -0.495. The van der Waals surface area contributed by atoms with Crippen molar-refractivity contribution in [1.29, 1.82) is 5.41 Å². The van der Waals surface area contributed by atoms with Crippen molar-refractivity contribution in [2.75, 3.05) is 26.8 Å². The zero-order valence-corrected chi connectivity index (χ0v) is 19.5. The summed E-state index contributed by atoms with van der Waals surface area (Å²) in [6, 6.07) is 3.37. The van der Waals surface area contributed by atoms with Gasteiger partial charge in [-0.3, -0.25) is 0 Å². The highest BCUT2D eigenvalue weighted by Gasteiger charge is 2.23. The molecule has 7 heteroatoms. The molecule has 0 fully saturated rings. The lowest BCUT2D eigenvalue weighted by Gasteiger charge is -2.19. The van der Waals surface area contributed by atoms with Crippen molar-refractivity contribution in [3.63, 3.8) is 0 Å². The van der Waals surface area contributed by atoms with Crippen LogP contribution in [0.1, 0.15) is 56.5 Å². The van der Waals surface area contributed by atoms with Gasteiger partial charge in [-0.25, -0.2) is 4.79 Å². The molecule has 1 aliphatic heterocycles. The fourth-order valence-corrected chi connectivity index (χ4v) is 3.15. The number of esters is 1. The van der Waals surface area contributed by atoms with E-state index in [1.165, 1.54) is 0 Å². The van der Waals surface area contributed by atoms with Crippen LogP contribution >= 0.6 is 0 Å². The molecule has 0 spiro atoms. The molecule has 176 valence electrons. The summed E-state index contributed by atoms with van der Waals surface area (Å²) >= 11 is 0. The molecule has 0 bridgehead atoms. The SMILES string of the molecule is CCOCOc1cc2c(c(OCOCC)c1)C(=O)O[C@H](C)C/C=C/[C@H](C)C/C=C/C(=N)C2. The first-order valence-electron chi connectivity index (χ1n) is 11.1. The van der Waals surface area contributed by atoms with E-state index in [9.17, 15) is 4.79 Å². The average molecular weight is 446 g/mol. The Bertz CT molecular complexity index is 817. The van der Waals surface area contributed by atoms with Crippen molar-refractivity contribution < 1.29 is 28.5 Å². The molecule has 1 heterocycles. The topological polar surface area (TPSA) is 87.1 Å². The van der Waals surface area contributed by atoms with Gasteiger partial charge in [-0.1, -0.05) is 25.2 Å². The van der Waals surface area contributed by atoms with Gasteiger partial charge in [0.05, 0.1) is 0 Å². The Kier molecular flexibility index (Phi) is 11.0. The van der Waals surface area contributed by atoms with Gasteiger partial charge in [-0.15, -0.1) is 0 Å². The van der Waals surface area contributed by atoms with Crippen LogP contribution in [0.2, 0.25) is 0 Å². The largest absolute Gasteiger partial charge is 0.467 e. The van der Waals surface area contributed by atoms with E-state index in [0.717, 1.165) is 6.42 Å². The second-order valence-corrected chi connectivity index (χ2v) is 7.66. The van der Waals surface area contributed by atoms with Gasteiger partial charge in [0, 0.05) is 37.8 Å². The number of allylic oxidation sites excluding steroid dienone is 3. The van der Waals surface area contributed by atoms with Crippen molar-refractivity contribution in [3.8, 4) is 11.5 Å². The predicted octanol–water partition coefficient (Wildman–Crippen LogP) is 5.08. The first kappa shape index (κ1) is 25.6. The first-order chi connectivity index (χ1) is 15.4. The summed E-state index contributed by atoms with van der Waals surface area (Å²) in [4.78, 5) is 13.2. The molecule has 0 aromatic heterocycles. The van der Waals surface area contributed by atoms with E-state index in [-0.39, 0.29) is 31.7 Å². The van der Waals surface area contributed by atoms with E-state index >= 15 is 0 Å². The van der Waals surface area contributed by atoms with E-state index in [1.807, 2.05) is 32.9 Å². The molecule has 2 atom stereocenters. The lowest BCUT2D eigenvalue weighted by Crippen LogP contribution is -2.19. The van der Waals surface area contributed by atoms with E-state index in [0.29, 0.717) is 48.3 Å². The van der Waals surface area contributed by atoms with Crippen LogP contribution in [0.5, 0.6) is 11.5 Å². The lowest BCUT2D eigenvalue weighted by molar-refractivity contribution is 0.0161. The van der Waals surface area contributed by atoms with Gasteiger partial charge in [0.1, 0.15) is 23.2 Å². The number of hydrogen-bond acceptors (Lipinski definition) is 7. The number of ether oxygens (including phenoxy) is 5. The molecule has 0 amide bonds. The Labute approximate surface area is 190 Å². The standard InChI is InChI=1S/C25H35NO6/c1-5-28-16-30-22-14-20-13-21(26)12-8-10-18(3)9-7-11-19(4)32-25(27)24(20)23(15-22)31-17-29-6-2/h7-9,12,14-15,18-19,26H,5-6,10-11,13,16-17H2,1-4H3/b9-7+,12-8+,26-21?/t18-,19+/m0/s1. The molecule has 0 radical (unpaired) electrons. The van der Waals surface area contributed by atoms with Crippen LogP contribution < -0.4 is 9.47 Å². The van der Waals surface area contributed by atoms with Crippen molar-refractivity contribution >= 4 is 11.7 Å². The monoisotopic (exact) mass is 445 g/mol. The molecule has 1 N–H and O–H groups in total. The number of hydrogen-bond donors (Lipinski definition) is 1. The normalized spacial score (nSPS) is 21.8. The summed E-state index contributed by atoms with van der Waals surface area (Å²) in [7, 11) is 0. The number of fused-ring (bicyclic) bond motifs is 1. The lowest BCUT2D eigenvalue weighted by atomic mass is 9.99. The minimum Gasteiger partial charge on any atom is -0.467 e. The van der Waals surface area contributed by atoms with Gasteiger partial charge in [-0.2, -0.15) is 0 Å². The van der Waals surface area contributed by atoms with Crippen molar-refractivity contribution in [1.82, 2.24) is 0 Å². The first-order valence-corrected chi connectivity index (χ1v) is 11.1. The molecule has 1 aromatic rings. The molecule has 2 rings (SSSR count). The smallest absolute Gasteiger partial charge is 0.342 e. The molecule has 0 saturated heterocycles. The maximum atomic E-state index is 13.2. The molecule has 32 heavy (non-hydrogen) atoms. The summed E-state index contributed by atoms with van der Waals surface area (Å²) in [5.41, 5.74) is 1.25. The zero-order chi connectivity index (χ0) is 23.3. The second kappa shape index (κ2) is 13.7. The summed E-state index contributed by atoms with van der Waals surface area (Å²) in [6.07, 6.45) is 9.30. The van der Waals surface area contributed by atoms with Crippen molar-refractivity contribution in [3.05, 3.63) is 47.6 Å². The van der Waals surface area contributed by atoms with Gasteiger partial charge < -0.3 is 29.1 Å². The van der Waals surface area contributed by atoms with Crippen molar-refractivity contribution in [2.45, 2.75) is 53.1 Å². The van der Waals surface area contributed by atoms with Crippen LogP contribution in [0.4, 0.5) is 0 Å². The number of benzene rings is 1. The molecular formula is C25H35NO6. The number of nitrogens with one attached hydrogen (secondary N) is 1. The third-order valence-electron chi connectivity index (χ3n) is 4.83. The minimum absolute atomic E-state index is 0.0152. The average Bonchev–Trinajstić information content (AvgIpc) is 2.73. The Morgan fingerprint density at radius 2 is 1.75 bits per heavy atom. The van der Waals surface area contributed by atoms with Gasteiger partial charge in [0.15, 0.2) is 13.6 Å². The van der Waals surface area contributed by atoms with Crippen LogP contribution in [0.3, 0.4) is 0 Å². The highest BCUT2D eigenvalue weighted by Crippen LogP contribution is 2.31. The summed E-state index contributed by atoms with van der Waals surface area (Å²) in [6.45, 7) is 8.77. The Morgan fingerprint density at radius 1 is 1.03 bits per heavy atom. The maximum absolute atomic E-state index is 13.2. The molecule has 1 aliphatic rings. The highest BCUT2D eigenvalue weighted by atomic mass is 16.7. The van der Waals surface area contributed by atoms with Crippen LogP contribution in [0.25, 0.3) is 0 Å². The second-order valence-electron chi connectivity index (χ2n) is 7.66. The van der Waals surface area contributed by atoms with Crippen LogP contribution in [-0.4, -0.2) is 44.6 Å². The fraction of sp³-hybridized carbons (Fsp3) is 0.520. The quantitative estimate of drug-likeness (QED) is 0.260. The van der Waals surface area contributed by atoms with E-state index in [2.05, 4.69) is 13.0 Å². The predicted molar refractivity (Wildman–Crippen MR) is 124 cm³/mol. The van der Waals surface area contributed by atoms with Gasteiger partial charge in [-0.05, 0) is 50.8 Å². The van der Waals surface area contributed by atoms with Gasteiger partial charge in [0.25, 0.3) is 0 Å².